The summed E-state index contributed by atoms with van der Waals surface area (Å²) >= 11 is 0. The van der Waals surface area contributed by atoms with Crippen molar-refractivity contribution in [1.29, 1.82) is 0 Å². The fourth-order valence-electron chi connectivity index (χ4n) is 3.20. The van der Waals surface area contributed by atoms with Crippen LogP contribution < -0.4 is 24.4 Å². The summed E-state index contributed by atoms with van der Waals surface area (Å²) in [7, 11) is 3.02. The number of amides is 1. The lowest BCUT2D eigenvalue weighted by atomic mass is 10.1. The van der Waals surface area contributed by atoms with Gasteiger partial charge in [-0.1, -0.05) is 32.6 Å². The maximum atomic E-state index is 12.7. The first-order valence-corrected chi connectivity index (χ1v) is 11.5. The first-order valence-electron chi connectivity index (χ1n) is 11.5. The summed E-state index contributed by atoms with van der Waals surface area (Å²) in [5, 5.41) is 4.02. The third-order valence-electron chi connectivity index (χ3n) is 5.00. The van der Waals surface area contributed by atoms with Crippen LogP contribution in [0.15, 0.2) is 41.5 Å². The van der Waals surface area contributed by atoms with Crippen LogP contribution in [0.25, 0.3) is 0 Å². The second kappa shape index (κ2) is 14.6. The Morgan fingerprint density at radius 2 is 1.62 bits per heavy atom. The Morgan fingerprint density at radius 1 is 0.882 bits per heavy atom. The molecule has 0 bridgehead atoms. The van der Waals surface area contributed by atoms with E-state index < -0.39 is 5.97 Å². The van der Waals surface area contributed by atoms with E-state index in [4.69, 9.17) is 18.9 Å². The monoisotopic (exact) mass is 470 g/mol. The van der Waals surface area contributed by atoms with Gasteiger partial charge < -0.3 is 18.9 Å². The largest absolute Gasteiger partial charge is 0.493 e. The molecule has 0 saturated heterocycles. The zero-order valence-corrected chi connectivity index (χ0v) is 20.4. The fraction of sp³-hybridized carbons (Fsp3) is 0.423. The van der Waals surface area contributed by atoms with Gasteiger partial charge in [-0.2, -0.15) is 5.10 Å². The van der Waals surface area contributed by atoms with Gasteiger partial charge in [0.1, 0.15) is 0 Å². The third-order valence-corrected chi connectivity index (χ3v) is 5.00. The molecule has 8 nitrogen and oxygen atoms in total. The summed E-state index contributed by atoms with van der Waals surface area (Å²) in [4.78, 5) is 24.6. The Balaban J connectivity index is 2.01. The molecule has 2 rings (SSSR count). The van der Waals surface area contributed by atoms with Gasteiger partial charge >= 0.3 is 5.97 Å². The third kappa shape index (κ3) is 8.42. The highest BCUT2D eigenvalue weighted by Gasteiger charge is 2.16. The summed E-state index contributed by atoms with van der Waals surface area (Å²) in [5.74, 6) is 0.933. The minimum absolute atomic E-state index is 0.113. The average Bonchev–Trinajstić information content (AvgIpc) is 2.85. The van der Waals surface area contributed by atoms with E-state index in [9.17, 15) is 9.59 Å². The molecular weight excluding hydrogens is 436 g/mol. The molecule has 0 atom stereocenters. The van der Waals surface area contributed by atoms with Crippen LogP contribution in [0.2, 0.25) is 0 Å². The molecule has 8 heteroatoms. The minimum atomic E-state index is -0.561. The van der Waals surface area contributed by atoms with E-state index in [1.165, 1.54) is 33.3 Å². The van der Waals surface area contributed by atoms with E-state index in [2.05, 4.69) is 17.5 Å². The first kappa shape index (κ1) is 26.7. The van der Waals surface area contributed by atoms with Gasteiger partial charge in [0, 0.05) is 6.42 Å². The number of rotatable bonds is 14. The van der Waals surface area contributed by atoms with Crippen LogP contribution >= 0.6 is 0 Å². The molecule has 1 N–H and O–H groups in total. The van der Waals surface area contributed by atoms with E-state index in [1.807, 2.05) is 6.92 Å². The van der Waals surface area contributed by atoms with Crippen molar-refractivity contribution in [2.45, 2.75) is 52.4 Å². The molecule has 0 heterocycles. The summed E-state index contributed by atoms with van der Waals surface area (Å²) < 4.78 is 21.6. The first-order chi connectivity index (χ1) is 16.5. The van der Waals surface area contributed by atoms with Gasteiger partial charge in [0.2, 0.25) is 5.91 Å². The van der Waals surface area contributed by atoms with Gasteiger partial charge in [0.05, 0.1) is 32.6 Å². The van der Waals surface area contributed by atoms with E-state index in [0.717, 1.165) is 19.3 Å². The highest BCUT2D eigenvalue weighted by atomic mass is 16.6. The molecule has 0 aliphatic rings. The van der Waals surface area contributed by atoms with Crippen LogP contribution in [0.5, 0.6) is 23.0 Å². The summed E-state index contributed by atoms with van der Waals surface area (Å²) in [6.45, 7) is 4.38. The van der Waals surface area contributed by atoms with Gasteiger partial charge in [0.15, 0.2) is 23.0 Å². The molecule has 0 unspecified atom stereocenters. The van der Waals surface area contributed by atoms with E-state index in [0.29, 0.717) is 41.4 Å². The number of unbranched alkanes of at least 4 members (excludes halogenated alkanes) is 4. The number of hydrogen-bond acceptors (Lipinski definition) is 7. The van der Waals surface area contributed by atoms with Crippen LogP contribution in [-0.2, 0) is 4.79 Å². The number of nitrogens with one attached hydrogen (secondary N) is 1. The number of hydrogen-bond donors (Lipinski definition) is 1. The lowest BCUT2D eigenvalue weighted by Gasteiger charge is -2.12. The van der Waals surface area contributed by atoms with Gasteiger partial charge in [-0.05, 0) is 55.3 Å². The lowest BCUT2D eigenvalue weighted by molar-refractivity contribution is -0.121. The second-order valence-electron chi connectivity index (χ2n) is 7.56. The number of esters is 1. The van der Waals surface area contributed by atoms with E-state index in [1.54, 1.807) is 36.4 Å². The van der Waals surface area contributed by atoms with Crippen molar-refractivity contribution in [2.75, 3.05) is 20.8 Å². The smallest absolute Gasteiger partial charge is 0.343 e. The highest BCUT2D eigenvalue weighted by Crippen LogP contribution is 2.31. The van der Waals surface area contributed by atoms with Crippen molar-refractivity contribution in [3.05, 3.63) is 47.5 Å². The van der Waals surface area contributed by atoms with Gasteiger partial charge in [-0.25, -0.2) is 10.2 Å². The number of hydrazone groups is 1. The molecule has 34 heavy (non-hydrogen) atoms. The van der Waals surface area contributed by atoms with E-state index in [-0.39, 0.29) is 11.7 Å². The number of carbonyl (C=O) groups excluding carboxylic acids is 2. The summed E-state index contributed by atoms with van der Waals surface area (Å²) in [6.07, 6.45) is 7.40. The number of methoxy groups -OCH3 is 2. The predicted octanol–water partition coefficient (Wildman–Crippen LogP) is 5.13. The quantitative estimate of drug-likeness (QED) is 0.135. The average molecular weight is 471 g/mol. The molecule has 0 fully saturated rings. The Bertz CT molecular complexity index is 974. The molecule has 0 saturated carbocycles. The molecule has 0 spiro atoms. The molecule has 0 aromatic heterocycles. The second-order valence-corrected chi connectivity index (χ2v) is 7.56. The van der Waals surface area contributed by atoms with E-state index >= 15 is 0 Å². The number of benzene rings is 2. The van der Waals surface area contributed by atoms with Crippen molar-refractivity contribution >= 4 is 18.1 Å². The number of carbonyl (C=O) groups is 2. The standard InChI is InChI=1S/C26H34N2O6/c1-5-7-8-9-10-11-25(29)28-27-18-19-12-14-22(24(16-19)33-6-2)34-26(30)20-13-15-21(31-3)23(17-20)32-4/h12-18H,5-11H2,1-4H3,(H,28,29). The molecule has 184 valence electrons. The van der Waals surface area contributed by atoms with Crippen molar-refractivity contribution in [2.24, 2.45) is 5.10 Å². The molecule has 0 aliphatic heterocycles. The molecule has 2 aromatic rings. The predicted molar refractivity (Wildman–Crippen MR) is 131 cm³/mol. The Kier molecular flexibility index (Phi) is 11.4. The number of nitrogens with zero attached hydrogens (tertiary/aromatic N) is 1. The number of ether oxygens (including phenoxy) is 4. The Morgan fingerprint density at radius 3 is 2.32 bits per heavy atom. The highest BCUT2D eigenvalue weighted by molar-refractivity contribution is 5.92. The van der Waals surface area contributed by atoms with Crippen molar-refractivity contribution in [1.82, 2.24) is 5.43 Å². The maximum absolute atomic E-state index is 12.7. The van der Waals surface area contributed by atoms with Crippen molar-refractivity contribution < 1.29 is 28.5 Å². The van der Waals surface area contributed by atoms with Crippen LogP contribution in [0.3, 0.4) is 0 Å². The minimum Gasteiger partial charge on any atom is -0.493 e. The molecule has 1 amide bonds. The van der Waals surface area contributed by atoms with Gasteiger partial charge in [-0.15, -0.1) is 0 Å². The topological polar surface area (TPSA) is 95.5 Å². The maximum Gasteiger partial charge on any atom is 0.343 e. The fourth-order valence-corrected chi connectivity index (χ4v) is 3.20. The summed E-state index contributed by atoms with van der Waals surface area (Å²) in [6, 6.07) is 9.83. The molecular formula is C26H34N2O6. The zero-order chi connectivity index (χ0) is 24.8. The molecule has 2 aromatic carbocycles. The Labute approximate surface area is 201 Å². The molecule has 0 radical (unpaired) electrons. The van der Waals surface area contributed by atoms with Crippen molar-refractivity contribution in [3.8, 4) is 23.0 Å². The zero-order valence-electron chi connectivity index (χ0n) is 20.4. The van der Waals surface area contributed by atoms with Crippen LogP contribution in [-0.4, -0.2) is 38.9 Å². The van der Waals surface area contributed by atoms with Gasteiger partial charge in [-0.3, -0.25) is 4.79 Å². The van der Waals surface area contributed by atoms with Crippen LogP contribution in [0, 0.1) is 0 Å². The van der Waals surface area contributed by atoms with Crippen LogP contribution in [0.1, 0.15) is 68.3 Å². The summed E-state index contributed by atoms with van der Waals surface area (Å²) in [5.41, 5.74) is 3.54. The van der Waals surface area contributed by atoms with Crippen molar-refractivity contribution in [3.63, 3.8) is 0 Å². The van der Waals surface area contributed by atoms with Crippen LogP contribution in [0.4, 0.5) is 0 Å². The lowest BCUT2D eigenvalue weighted by Crippen LogP contribution is -2.16. The molecule has 0 aliphatic carbocycles. The van der Waals surface area contributed by atoms with Gasteiger partial charge in [0.25, 0.3) is 0 Å². The SMILES string of the molecule is CCCCCCCC(=O)NN=Cc1ccc(OC(=O)c2ccc(OC)c(OC)c2)c(OCC)c1. The normalized spacial score (nSPS) is 10.7. The Hall–Kier alpha value is -3.55.